The van der Waals surface area contributed by atoms with Crippen LogP contribution >= 0.6 is 0 Å². The van der Waals surface area contributed by atoms with Gasteiger partial charge in [-0.3, -0.25) is 4.79 Å². The molecule has 3 heteroatoms. The first-order valence-corrected chi connectivity index (χ1v) is 9.68. The first-order valence-electron chi connectivity index (χ1n) is 6.77. The van der Waals surface area contributed by atoms with Crippen LogP contribution in [0.4, 0.5) is 0 Å². The van der Waals surface area contributed by atoms with Crippen LogP contribution < -0.4 is 0 Å². The Kier molecular flexibility index (Phi) is 6.09. The van der Waals surface area contributed by atoms with Crippen molar-refractivity contribution in [2.75, 3.05) is 0 Å². The molecule has 0 aliphatic rings. The fraction of sp³-hybridized carbons (Fsp3) is 0.929. The molecule has 0 saturated heterocycles. The van der Waals surface area contributed by atoms with Crippen molar-refractivity contribution >= 4 is 14.1 Å². The van der Waals surface area contributed by atoms with Crippen molar-refractivity contribution in [3.05, 3.63) is 0 Å². The summed E-state index contributed by atoms with van der Waals surface area (Å²) in [7, 11) is -1.76. The highest BCUT2D eigenvalue weighted by Gasteiger charge is 2.40. The van der Waals surface area contributed by atoms with E-state index in [0.29, 0.717) is 12.2 Å². The van der Waals surface area contributed by atoms with Gasteiger partial charge in [0.2, 0.25) is 0 Å². The quantitative estimate of drug-likeness (QED) is 0.660. The lowest BCUT2D eigenvalue weighted by Gasteiger charge is -2.40. The van der Waals surface area contributed by atoms with E-state index in [1.807, 2.05) is 13.8 Å². The molecule has 0 bridgehead atoms. The van der Waals surface area contributed by atoms with E-state index in [-0.39, 0.29) is 17.1 Å². The Morgan fingerprint density at radius 2 is 1.71 bits per heavy atom. The maximum Gasteiger partial charge on any atom is 0.192 e. The van der Waals surface area contributed by atoms with Crippen LogP contribution in [-0.4, -0.2) is 20.2 Å². The summed E-state index contributed by atoms with van der Waals surface area (Å²) < 4.78 is 6.35. The van der Waals surface area contributed by atoms with E-state index >= 15 is 0 Å². The first-order chi connectivity index (χ1) is 7.56. The van der Waals surface area contributed by atoms with Crippen molar-refractivity contribution in [3.63, 3.8) is 0 Å². The zero-order chi connectivity index (χ0) is 13.9. The largest absolute Gasteiger partial charge is 0.413 e. The topological polar surface area (TPSA) is 26.3 Å². The number of hydrogen-bond acceptors (Lipinski definition) is 2. The molecule has 0 heterocycles. The van der Waals surface area contributed by atoms with Crippen molar-refractivity contribution in [1.29, 1.82) is 0 Å². The van der Waals surface area contributed by atoms with E-state index in [9.17, 15) is 4.79 Å². The molecule has 0 aliphatic heterocycles. The molecule has 0 amide bonds. The lowest BCUT2D eigenvalue weighted by atomic mass is 9.96. The van der Waals surface area contributed by atoms with E-state index in [1.165, 1.54) is 0 Å². The first kappa shape index (κ1) is 16.8. The van der Waals surface area contributed by atoms with Crippen molar-refractivity contribution < 1.29 is 9.22 Å². The zero-order valence-corrected chi connectivity index (χ0v) is 13.9. The molecule has 0 aromatic rings. The molecular weight excluding hydrogens is 228 g/mol. The van der Waals surface area contributed by atoms with Crippen LogP contribution in [0, 0.1) is 5.92 Å². The Balaban J connectivity index is 4.77. The summed E-state index contributed by atoms with van der Waals surface area (Å²) in [5, 5.41) is 0.204. The Morgan fingerprint density at radius 1 is 1.24 bits per heavy atom. The summed E-state index contributed by atoms with van der Waals surface area (Å²) in [6.07, 6.45) is 1.61. The lowest BCUT2D eigenvalue weighted by molar-refractivity contribution is -0.125. The Bertz CT molecular complexity index is 253. The number of carbonyl (C=O) groups is 1. The van der Waals surface area contributed by atoms with E-state index in [4.69, 9.17) is 4.43 Å². The van der Waals surface area contributed by atoms with Crippen LogP contribution in [0.25, 0.3) is 0 Å². The summed E-state index contributed by atoms with van der Waals surface area (Å²) in [4.78, 5) is 11.8. The minimum Gasteiger partial charge on any atom is -0.413 e. The molecule has 0 aromatic heterocycles. The molecule has 0 saturated carbocycles. The van der Waals surface area contributed by atoms with Crippen LogP contribution in [0.3, 0.4) is 0 Å². The number of ketones is 1. The normalized spacial score (nSPS) is 16.7. The molecule has 2 atom stereocenters. The third-order valence-electron chi connectivity index (χ3n) is 4.07. The molecular formula is C14H30O2Si. The molecule has 0 aliphatic carbocycles. The van der Waals surface area contributed by atoms with Gasteiger partial charge in [0.05, 0.1) is 6.10 Å². The number of hydrogen-bond donors (Lipinski definition) is 0. The zero-order valence-electron chi connectivity index (χ0n) is 12.9. The predicted octanol–water partition coefficient (Wildman–Crippen LogP) is 4.40. The number of carbonyl (C=O) groups excluding carboxylic acids is 1. The number of Topliss-reactive ketones (excluding diaryl/α,β-unsaturated/α-hetero) is 1. The molecule has 2 nitrogen and oxygen atoms in total. The van der Waals surface area contributed by atoms with Gasteiger partial charge in [0, 0.05) is 12.3 Å². The monoisotopic (exact) mass is 258 g/mol. The van der Waals surface area contributed by atoms with E-state index in [1.54, 1.807) is 0 Å². The van der Waals surface area contributed by atoms with Gasteiger partial charge in [0.15, 0.2) is 8.32 Å². The SMILES string of the molecule is CCC(=O)[C@H](C)[C@H](CC)O[Si](C)(C)C(C)(C)C. The third-order valence-corrected chi connectivity index (χ3v) is 8.57. The summed E-state index contributed by atoms with van der Waals surface area (Å²) in [5.74, 6) is 0.342. The lowest BCUT2D eigenvalue weighted by Crippen LogP contribution is -2.46. The fourth-order valence-corrected chi connectivity index (χ4v) is 3.10. The average Bonchev–Trinajstić information content (AvgIpc) is 2.22. The van der Waals surface area contributed by atoms with Crippen molar-refractivity contribution in [3.8, 4) is 0 Å². The van der Waals surface area contributed by atoms with E-state index in [2.05, 4.69) is 40.8 Å². The Labute approximate surface area is 108 Å². The third kappa shape index (κ3) is 4.55. The van der Waals surface area contributed by atoms with Crippen LogP contribution in [0.5, 0.6) is 0 Å². The van der Waals surface area contributed by atoms with Gasteiger partial charge in [0.25, 0.3) is 0 Å². The van der Waals surface area contributed by atoms with Crippen LogP contribution in [-0.2, 0) is 9.22 Å². The second-order valence-corrected chi connectivity index (χ2v) is 11.2. The molecule has 0 spiro atoms. The fourth-order valence-electron chi connectivity index (χ4n) is 1.62. The standard InChI is InChI=1S/C14H30O2Si/c1-9-12(15)11(3)13(10-2)16-17(7,8)14(4,5)6/h11,13H,9-10H2,1-8H3/t11-,13-/m0/s1. The average molecular weight is 258 g/mol. The van der Waals surface area contributed by atoms with Gasteiger partial charge >= 0.3 is 0 Å². The van der Waals surface area contributed by atoms with E-state index in [0.717, 1.165) is 6.42 Å². The van der Waals surface area contributed by atoms with Gasteiger partial charge in [-0.1, -0.05) is 41.5 Å². The van der Waals surface area contributed by atoms with Gasteiger partial charge in [0.1, 0.15) is 5.78 Å². The highest BCUT2D eigenvalue weighted by molar-refractivity contribution is 6.74. The van der Waals surface area contributed by atoms with Crippen LogP contribution in [0.1, 0.15) is 54.4 Å². The summed E-state index contributed by atoms with van der Waals surface area (Å²) in [5.41, 5.74) is 0. The van der Waals surface area contributed by atoms with Crippen molar-refractivity contribution in [2.45, 2.75) is 78.6 Å². The highest BCUT2D eigenvalue weighted by Crippen LogP contribution is 2.38. The highest BCUT2D eigenvalue weighted by atomic mass is 28.4. The number of rotatable bonds is 6. The van der Waals surface area contributed by atoms with Crippen molar-refractivity contribution in [2.24, 2.45) is 5.92 Å². The van der Waals surface area contributed by atoms with Gasteiger partial charge < -0.3 is 4.43 Å². The minimum atomic E-state index is -1.76. The molecule has 0 fully saturated rings. The smallest absolute Gasteiger partial charge is 0.192 e. The van der Waals surface area contributed by atoms with Gasteiger partial charge in [-0.25, -0.2) is 0 Å². The van der Waals surface area contributed by atoms with E-state index < -0.39 is 8.32 Å². The second-order valence-electron chi connectivity index (χ2n) is 6.43. The van der Waals surface area contributed by atoms with Crippen LogP contribution in [0.2, 0.25) is 18.1 Å². The summed E-state index contributed by atoms with van der Waals surface area (Å²) in [6.45, 7) is 17.2. The van der Waals surface area contributed by atoms with Gasteiger partial charge in [-0.15, -0.1) is 0 Å². The summed E-state index contributed by atoms with van der Waals surface area (Å²) >= 11 is 0. The maximum absolute atomic E-state index is 11.8. The maximum atomic E-state index is 11.8. The molecule has 0 radical (unpaired) electrons. The molecule has 0 aromatic carbocycles. The van der Waals surface area contributed by atoms with Crippen LogP contribution in [0.15, 0.2) is 0 Å². The molecule has 0 unspecified atom stereocenters. The molecule has 0 rings (SSSR count). The van der Waals surface area contributed by atoms with Crippen molar-refractivity contribution in [1.82, 2.24) is 0 Å². The molecule has 0 N–H and O–H groups in total. The Hall–Kier alpha value is -0.153. The van der Waals surface area contributed by atoms with Gasteiger partial charge in [-0.05, 0) is 24.6 Å². The predicted molar refractivity (Wildman–Crippen MR) is 76.8 cm³/mol. The molecule has 17 heavy (non-hydrogen) atoms. The summed E-state index contributed by atoms with van der Waals surface area (Å²) in [6, 6.07) is 0. The minimum absolute atomic E-state index is 0.0270. The van der Waals surface area contributed by atoms with Gasteiger partial charge in [-0.2, -0.15) is 0 Å². The Morgan fingerprint density at radius 3 is 2.00 bits per heavy atom. The molecule has 102 valence electrons. The second kappa shape index (κ2) is 6.14.